The molecule has 1 aromatic carbocycles. The van der Waals surface area contributed by atoms with Gasteiger partial charge in [-0.25, -0.2) is 8.42 Å². The molecule has 0 unspecified atom stereocenters. The van der Waals surface area contributed by atoms with E-state index in [1.807, 2.05) is 4.57 Å². The molecule has 2 aliphatic rings. The number of carbonyl (C=O) groups is 1. The molecule has 1 aromatic heterocycles. The fourth-order valence-electron chi connectivity index (χ4n) is 3.46. The molecule has 0 radical (unpaired) electrons. The van der Waals surface area contributed by atoms with Gasteiger partial charge in [-0.2, -0.15) is 0 Å². The molecule has 1 atom stereocenters. The van der Waals surface area contributed by atoms with Gasteiger partial charge in [-0.3, -0.25) is 4.79 Å². The van der Waals surface area contributed by atoms with Gasteiger partial charge in [-0.05, 0) is 18.6 Å². The number of thioether (sulfide) groups is 1. The van der Waals surface area contributed by atoms with E-state index in [4.69, 9.17) is 9.47 Å². The molecule has 30 heavy (non-hydrogen) atoms. The summed E-state index contributed by atoms with van der Waals surface area (Å²) >= 11 is 1.25. The maximum atomic E-state index is 12.4. The number of carbonyl (C=O) groups excluding carboxylic acids is 1. The molecule has 0 aliphatic carbocycles. The van der Waals surface area contributed by atoms with Crippen molar-refractivity contribution in [3.8, 4) is 11.5 Å². The van der Waals surface area contributed by atoms with Gasteiger partial charge >= 0.3 is 0 Å². The zero-order valence-corrected chi connectivity index (χ0v) is 17.9. The fraction of sp³-hybridized carbons (Fsp3) is 0.421. The second-order valence-corrected chi connectivity index (χ2v) is 10.2. The van der Waals surface area contributed by atoms with Crippen LogP contribution in [0.15, 0.2) is 36.0 Å². The number of allylic oxidation sites excluding steroid dienone is 1. The molecule has 9 nitrogen and oxygen atoms in total. The Morgan fingerprint density at radius 1 is 1.30 bits per heavy atom. The number of hydrogen-bond donors (Lipinski definition) is 1. The lowest BCUT2D eigenvalue weighted by Gasteiger charge is -2.19. The Balaban J connectivity index is 1.40. The lowest BCUT2D eigenvalue weighted by Crippen LogP contribution is -2.17. The van der Waals surface area contributed by atoms with Crippen LogP contribution in [0.2, 0.25) is 0 Å². The average Bonchev–Trinajstić information content (AvgIpc) is 3.29. The Hall–Kier alpha value is -2.53. The summed E-state index contributed by atoms with van der Waals surface area (Å²) in [7, 11) is -3.03. The SMILES string of the molecule is C=CCn1c(SCC(=O)Nc2ccc3c(c2)OCCO3)nnc1[C@@H]1CCS(=O)(=O)C1. The summed E-state index contributed by atoms with van der Waals surface area (Å²) in [6, 6.07) is 5.25. The highest BCUT2D eigenvalue weighted by Crippen LogP contribution is 2.33. The topological polar surface area (TPSA) is 112 Å². The zero-order valence-electron chi connectivity index (χ0n) is 16.2. The van der Waals surface area contributed by atoms with Gasteiger partial charge in [0.15, 0.2) is 26.5 Å². The first-order valence-corrected chi connectivity index (χ1v) is 12.3. The number of aromatic nitrogens is 3. The Morgan fingerprint density at radius 3 is 2.83 bits per heavy atom. The molecule has 3 heterocycles. The minimum absolute atomic E-state index is 0.0809. The van der Waals surface area contributed by atoms with Crippen LogP contribution in [-0.4, -0.2) is 59.6 Å². The Morgan fingerprint density at radius 2 is 2.10 bits per heavy atom. The van der Waals surface area contributed by atoms with Crippen LogP contribution >= 0.6 is 11.8 Å². The van der Waals surface area contributed by atoms with Crippen LogP contribution in [0.25, 0.3) is 0 Å². The second-order valence-electron chi connectivity index (χ2n) is 7.04. The van der Waals surface area contributed by atoms with Crippen molar-refractivity contribution in [2.75, 3.05) is 35.8 Å². The van der Waals surface area contributed by atoms with Gasteiger partial charge in [0.05, 0.1) is 17.3 Å². The molecule has 2 aromatic rings. The number of amides is 1. The van der Waals surface area contributed by atoms with Gasteiger partial charge in [0.2, 0.25) is 5.91 Å². The van der Waals surface area contributed by atoms with Gasteiger partial charge in [0.1, 0.15) is 19.0 Å². The summed E-state index contributed by atoms with van der Waals surface area (Å²) in [5.41, 5.74) is 0.620. The highest BCUT2D eigenvalue weighted by molar-refractivity contribution is 7.99. The Labute approximate surface area is 178 Å². The molecule has 160 valence electrons. The largest absolute Gasteiger partial charge is 0.486 e. The minimum atomic E-state index is -3.03. The highest BCUT2D eigenvalue weighted by atomic mass is 32.2. The van der Waals surface area contributed by atoms with E-state index in [0.717, 1.165) is 0 Å². The number of fused-ring (bicyclic) bond motifs is 1. The highest BCUT2D eigenvalue weighted by Gasteiger charge is 2.33. The third-order valence-corrected chi connectivity index (χ3v) is 7.55. The van der Waals surface area contributed by atoms with Crippen LogP contribution in [0.4, 0.5) is 5.69 Å². The van der Waals surface area contributed by atoms with Crippen molar-refractivity contribution >= 4 is 33.2 Å². The molecule has 1 amide bonds. The minimum Gasteiger partial charge on any atom is -0.486 e. The zero-order chi connectivity index (χ0) is 21.1. The van der Waals surface area contributed by atoms with E-state index in [1.54, 1.807) is 24.3 Å². The van der Waals surface area contributed by atoms with E-state index in [0.29, 0.717) is 54.3 Å². The van der Waals surface area contributed by atoms with Crippen LogP contribution in [0.1, 0.15) is 18.2 Å². The summed E-state index contributed by atoms with van der Waals surface area (Å²) < 4.78 is 36.5. The van der Waals surface area contributed by atoms with Gasteiger partial charge in [-0.15, -0.1) is 16.8 Å². The first kappa shape index (κ1) is 20.7. The molecular formula is C19H22N4O5S2. The molecule has 1 saturated heterocycles. The van der Waals surface area contributed by atoms with Crippen LogP contribution in [-0.2, 0) is 21.2 Å². The summed E-state index contributed by atoms with van der Waals surface area (Å²) in [6.07, 6.45) is 2.24. The van der Waals surface area contributed by atoms with Crippen molar-refractivity contribution in [1.29, 1.82) is 0 Å². The van der Waals surface area contributed by atoms with E-state index in [9.17, 15) is 13.2 Å². The van der Waals surface area contributed by atoms with Gasteiger partial charge < -0.3 is 19.4 Å². The normalized spacial score (nSPS) is 19.4. The number of ether oxygens (including phenoxy) is 2. The number of hydrogen-bond acceptors (Lipinski definition) is 8. The summed E-state index contributed by atoms with van der Waals surface area (Å²) in [5, 5.41) is 11.8. The van der Waals surface area contributed by atoms with Crippen molar-refractivity contribution in [1.82, 2.24) is 14.8 Å². The number of nitrogens with zero attached hydrogens (tertiary/aromatic N) is 3. The molecule has 4 rings (SSSR count). The molecule has 11 heteroatoms. The number of anilines is 1. The van der Waals surface area contributed by atoms with E-state index < -0.39 is 9.84 Å². The number of rotatable bonds is 7. The lowest BCUT2D eigenvalue weighted by molar-refractivity contribution is -0.113. The van der Waals surface area contributed by atoms with Crippen LogP contribution in [0.5, 0.6) is 11.5 Å². The summed E-state index contributed by atoms with van der Waals surface area (Å²) in [4.78, 5) is 12.4. The number of sulfone groups is 1. The molecule has 1 N–H and O–H groups in total. The van der Waals surface area contributed by atoms with Gasteiger partial charge in [0, 0.05) is 24.2 Å². The van der Waals surface area contributed by atoms with Crippen molar-refractivity contribution in [3.05, 3.63) is 36.7 Å². The van der Waals surface area contributed by atoms with E-state index in [1.165, 1.54) is 11.8 Å². The molecule has 0 saturated carbocycles. The maximum Gasteiger partial charge on any atom is 0.234 e. The molecular weight excluding hydrogens is 428 g/mol. The van der Waals surface area contributed by atoms with E-state index >= 15 is 0 Å². The molecule has 1 fully saturated rings. The van der Waals surface area contributed by atoms with Gasteiger partial charge in [-0.1, -0.05) is 17.8 Å². The summed E-state index contributed by atoms with van der Waals surface area (Å²) in [5.74, 6) is 1.90. The monoisotopic (exact) mass is 450 g/mol. The van der Waals surface area contributed by atoms with Gasteiger partial charge in [0.25, 0.3) is 0 Å². The second kappa shape index (κ2) is 8.68. The Bertz CT molecular complexity index is 1070. The Kier molecular flexibility index (Phi) is 6.00. The predicted octanol–water partition coefficient (Wildman–Crippen LogP) is 1.87. The average molecular weight is 451 g/mol. The van der Waals surface area contributed by atoms with E-state index in [2.05, 4.69) is 22.1 Å². The van der Waals surface area contributed by atoms with Crippen LogP contribution < -0.4 is 14.8 Å². The lowest BCUT2D eigenvalue weighted by atomic mass is 10.1. The molecule has 0 bridgehead atoms. The summed E-state index contributed by atoms with van der Waals surface area (Å²) in [6.45, 7) is 5.19. The van der Waals surface area contributed by atoms with Crippen molar-refractivity contribution < 1.29 is 22.7 Å². The molecule has 2 aliphatic heterocycles. The standard InChI is InChI=1S/C19H22N4O5S2/c1-2-6-23-18(13-5-9-30(25,26)12-13)21-22-19(23)29-11-17(24)20-14-3-4-15-16(10-14)28-8-7-27-15/h2-4,10,13H,1,5-9,11-12H2,(H,20,24)/t13-/m1/s1. The maximum absolute atomic E-state index is 12.4. The number of nitrogens with one attached hydrogen (secondary N) is 1. The van der Waals surface area contributed by atoms with Crippen LogP contribution in [0.3, 0.4) is 0 Å². The van der Waals surface area contributed by atoms with Crippen LogP contribution in [0, 0.1) is 0 Å². The van der Waals surface area contributed by atoms with Crippen molar-refractivity contribution in [2.24, 2.45) is 0 Å². The smallest absolute Gasteiger partial charge is 0.234 e. The third-order valence-electron chi connectivity index (χ3n) is 4.81. The quantitative estimate of drug-likeness (QED) is 0.503. The fourth-order valence-corrected chi connectivity index (χ4v) is 5.95. The van der Waals surface area contributed by atoms with Crippen molar-refractivity contribution in [3.63, 3.8) is 0 Å². The molecule has 0 spiro atoms. The number of benzene rings is 1. The van der Waals surface area contributed by atoms with E-state index in [-0.39, 0.29) is 29.1 Å². The first-order valence-electron chi connectivity index (χ1n) is 9.52. The third kappa shape index (κ3) is 4.62. The van der Waals surface area contributed by atoms with Crippen molar-refractivity contribution in [2.45, 2.75) is 24.0 Å². The first-order chi connectivity index (χ1) is 14.4. The predicted molar refractivity (Wildman–Crippen MR) is 113 cm³/mol.